The minimum atomic E-state index is -0.591. The first-order valence-corrected chi connectivity index (χ1v) is 7.20. The van der Waals surface area contributed by atoms with Crippen LogP contribution in [0.25, 0.3) is 0 Å². The Morgan fingerprint density at radius 1 is 1.36 bits per heavy atom. The Morgan fingerprint density at radius 2 is 2.14 bits per heavy atom. The van der Waals surface area contributed by atoms with Crippen molar-refractivity contribution < 1.29 is 14.3 Å². The summed E-state index contributed by atoms with van der Waals surface area (Å²) in [6.45, 7) is 5.94. The first-order valence-electron chi connectivity index (χ1n) is 7.20. The van der Waals surface area contributed by atoms with Crippen LogP contribution in [0.4, 0.5) is 5.69 Å². The Balaban J connectivity index is 0.00000176. The van der Waals surface area contributed by atoms with Crippen molar-refractivity contribution in [2.75, 3.05) is 25.0 Å². The second-order valence-electron chi connectivity index (χ2n) is 5.48. The second-order valence-corrected chi connectivity index (χ2v) is 5.48. The van der Waals surface area contributed by atoms with E-state index >= 15 is 0 Å². The number of fused-ring (bicyclic) bond motifs is 1. The Labute approximate surface area is 135 Å². The average Bonchev–Trinajstić information content (AvgIpc) is 2.48. The number of halogens is 1. The predicted octanol–water partition coefficient (Wildman–Crippen LogP) is 1.26. The van der Waals surface area contributed by atoms with Gasteiger partial charge in [-0.3, -0.25) is 9.59 Å². The summed E-state index contributed by atoms with van der Waals surface area (Å²) in [5, 5.41) is 6.04. The molecule has 2 N–H and O–H groups in total. The number of carbonyl (C=O) groups is 2. The van der Waals surface area contributed by atoms with Crippen molar-refractivity contribution in [1.29, 1.82) is 0 Å². The van der Waals surface area contributed by atoms with E-state index in [1.54, 1.807) is 25.1 Å². The Bertz CT molecular complexity index is 593. The molecule has 2 aliphatic rings. The van der Waals surface area contributed by atoms with Crippen LogP contribution in [0.2, 0.25) is 0 Å². The minimum Gasteiger partial charge on any atom is -0.478 e. The monoisotopic (exact) mass is 325 g/mol. The standard InChI is InChI=1S/C15H19N3O3.ClH/c1-9-8-16-6-7-18(9)15(20)11-4-3-5-12-13(11)21-10(2)14(19)17-12;/h3-5,9-10,16H,6-8H2,1-2H3,(H,17,19);1H/t9-,10?;/m0./s1. The van der Waals surface area contributed by atoms with Crippen molar-refractivity contribution in [1.82, 2.24) is 10.2 Å². The van der Waals surface area contributed by atoms with Crippen LogP contribution in [0.1, 0.15) is 24.2 Å². The molecule has 0 saturated carbocycles. The van der Waals surface area contributed by atoms with E-state index in [0.717, 1.165) is 13.1 Å². The maximum Gasteiger partial charge on any atom is 0.265 e. The van der Waals surface area contributed by atoms with Crippen LogP contribution in [0.5, 0.6) is 5.75 Å². The van der Waals surface area contributed by atoms with E-state index in [1.807, 2.05) is 11.8 Å². The number of hydrogen-bond acceptors (Lipinski definition) is 4. The molecule has 2 aliphatic heterocycles. The zero-order chi connectivity index (χ0) is 15.0. The molecule has 1 saturated heterocycles. The molecule has 1 aromatic carbocycles. The number of piperazine rings is 1. The molecule has 0 spiro atoms. The van der Waals surface area contributed by atoms with Crippen molar-refractivity contribution in [2.24, 2.45) is 0 Å². The van der Waals surface area contributed by atoms with E-state index in [-0.39, 0.29) is 30.3 Å². The van der Waals surface area contributed by atoms with Gasteiger partial charge in [0.2, 0.25) is 0 Å². The van der Waals surface area contributed by atoms with E-state index in [4.69, 9.17) is 4.74 Å². The van der Waals surface area contributed by atoms with Gasteiger partial charge >= 0.3 is 0 Å². The van der Waals surface area contributed by atoms with Crippen LogP contribution in [-0.2, 0) is 4.79 Å². The Morgan fingerprint density at radius 3 is 2.86 bits per heavy atom. The van der Waals surface area contributed by atoms with Gasteiger partial charge in [-0.25, -0.2) is 0 Å². The van der Waals surface area contributed by atoms with Gasteiger partial charge in [-0.2, -0.15) is 0 Å². The normalized spacial score (nSPS) is 23.7. The summed E-state index contributed by atoms with van der Waals surface area (Å²) in [5.74, 6) is 0.229. The van der Waals surface area contributed by atoms with Gasteiger partial charge in [-0.15, -0.1) is 12.4 Å². The molecule has 2 amide bonds. The molecule has 1 fully saturated rings. The van der Waals surface area contributed by atoms with Gasteiger partial charge < -0.3 is 20.3 Å². The first-order chi connectivity index (χ1) is 10.1. The van der Waals surface area contributed by atoms with E-state index in [1.165, 1.54) is 0 Å². The lowest BCUT2D eigenvalue weighted by molar-refractivity contribution is -0.122. The predicted molar refractivity (Wildman–Crippen MR) is 85.8 cm³/mol. The Kier molecular flexibility index (Phi) is 4.93. The lowest BCUT2D eigenvalue weighted by Gasteiger charge is -2.35. The number of rotatable bonds is 1. The van der Waals surface area contributed by atoms with Gasteiger partial charge in [0.1, 0.15) is 0 Å². The highest BCUT2D eigenvalue weighted by atomic mass is 35.5. The molecule has 0 radical (unpaired) electrons. The van der Waals surface area contributed by atoms with Crippen LogP contribution in [0.3, 0.4) is 0 Å². The van der Waals surface area contributed by atoms with Crippen molar-refractivity contribution in [3.63, 3.8) is 0 Å². The van der Waals surface area contributed by atoms with Crippen LogP contribution >= 0.6 is 12.4 Å². The van der Waals surface area contributed by atoms with E-state index in [9.17, 15) is 9.59 Å². The highest BCUT2D eigenvalue weighted by Crippen LogP contribution is 2.34. The number of ether oxygens (including phenoxy) is 1. The van der Waals surface area contributed by atoms with Gasteiger partial charge in [-0.05, 0) is 26.0 Å². The molecule has 1 aromatic rings. The zero-order valence-corrected chi connectivity index (χ0v) is 13.4. The number of para-hydroxylation sites is 1. The fourth-order valence-electron chi connectivity index (χ4n) is 2.69. The van der Waals surface area contributed by atoms with Crippen molar-refractivity contribution in [3.05, 3.63) is 23.8 Å². The summed E-state index contributed by atoms with van der Waals surface area (Å²) in [4.78, 5) is 26.3. The van der Waals surface area contributed by atoms with Crippen LogP contribution in [0.15, 0.2) is 18.2 Å². The van der Waals surface area contributed by atoms with Crippen molar-refractivity contribution >= 4 is 29.9 Å². The fraction of sp³-hybridized carbons (Fsp3) is 0.467. The molecule has 0 aromatic heterocycles. The lowest BCUT2D eigenvalue weighted by Crippen LogP contribution is -2.52. The largest absolute Gasteiger partial charge is 0.478 e. The van der Waals surface area contributed by atoms with Crippen molar-refractivity contribution in [3.8, 4) is 5.75 Å². The summed E-state index contributed by atoms with van der Waals surface area (Å²) in [6.07, 6.45) is -0.591. The van der Waals surface area contributed by atoms with Gasteiger partial charge in [-0.1, -0.05) is 6.07 Å². The van der Waals surface area contributed by atoms with E-state index in [2.05, 4.69) is 10.6 Å². The molecule has 2 heterocycles. The second kappa shape index (κ2) is 6.54. The number of benzene rings is 1. The number of amides is 2. The number of nitrogens with zero attached hydrogens (tertiary/aromatic N) is 1. The third kappa shape index (κ3) is 2.89. The molecule has 0 aliphatic carbocycles. The van der Waals surface area contributed by atoms with Crippen LogP contribution in [0, 0.1) is 0 Å². The number of nitrogens with one attached hydrogen (secondary N) is 2. The summed E-state index contributed by atoms with van der Waals surface area (Å²) in [6, 6.07) is 5.40. The zero-order valence-electron chi connectivity index (χ0n) is 12.6. The highest BCUT2D eigenvalue weighted by Gasteiger charge is 2.31. The number of carbonyl (C=O) groups excluding carboxylic acids is 2. The molecule has 120 valence electrons. The summed E-state index contributed by atoms with van der Waals surface area (Å²) in [5.41, 5.74) is 1.07. The number of anilines is 1. The lowest BCUT2D eigenvalue weighted by atomic mass is 10.1. The fourth-order valence-corrected chi connectivity index (χ4v) is 2.69. The van der Waals surface area contributed by atoms with Crippen LogP contribution < -0.4 is 15.4 Å². The molecular formula is C15H20ClN3O3. The third-order valence-corrected chi connectivity index (χ3v) is 3.93. The minimum absolute atomic E-state index is 0. The third-order valence-electron chi connectivity index (χ3n) is 3.93. The van der Waals surface area contributed by atoms with Gasteiger partial charge in [0, 0.05) is 25.7 Å². The molecule has 6 nitrogen and oxygen atoms in total. The van der Waals surface area contributed by atoms with Crippen molar-refractivity contribution in [2.45, 2.75) is 26.0 Å². The molecular weight excluding hydrogens is 306 g/mol. The molecule has 3 rings (SSSR count). The highest BCUT2D eigenvalue weighted by molar-refractivity contribution is 6.04. The summed E-state index contributed by atoms with van der Waals surface area (Å²) < 4.78 is 5.65. The number of hydrogen-bond donors (Lipinski definition) is 2. The SMILES string of the molecule is CC1Oc2c(cccc2C(=O)N2CCNC[C@@H]2C)NC1=O.Cl. The molecule has 2 atom stereocenters. The maximum absolute atomic E-state index is 12.8. The smallest absolute Gasteiger partial charge is 0.265 e. The average molecular weight is 326 g/mol. The topological polar surface area (TPSA) is 70.7 Å². The van der Waals surface area contributed by atoms with E-state index < -0.39 is 6.10 Å². The van der Waals surface area contributed by atoms with Gasteiger partial charge in [0.25, 0.3) is 11.8 Å². The van der Waals surface area contributed by atoms with Gasteiger partial charge in [0.05, 0.1) is 11.3 Å². The first kappa shape index (κ1) is 16.6. The molecule has 7 heteroatoms. The molecule has 22 heavy (non-hydrogen) atoms. The van der Waals surface area contributed by atoms with E-state index in [0.29, 0.717) is 23.5 Å². The summed E-state index contributed by atoms with van der Waals surface area (Å²) >= 11 is 0. The maximum atomic E-state index is 12.8. The molecule has 1 unspecified atom stereocenters. The van der Waals surface area contributed by atoms with Gasteiger partial charge in [0.15, 0.2) is 11.9 Å². The summed E-state index contributed by atoms with van der Waals surface area (Å²) in [7, 11) is 0. The quantitative estimate of drug-likeness (QED) is 0.815. The Hall–Kier alpha value is -1.79. The van der Waals surface area contributed by atoms with Crippen LogP contribution in [-0.4, -0.2) is 48.5 Å². The molecule has 0 bridgehead atoms.